The molecule has 2 N–H and O–H groups in total. The second-order valence-electron chi connectivity index (χ2n) is 8.27. The van der Waals surface area contributed by atoms with Crippen LogP contribution in [-0.4, -0.2) is 28.7 Å². The highest BCUT2D eigenvalue weighted by Crippen LogP contribution is 2.17. The molecule has 4 nitrogen and oxygen atoms in total. The molecule has 0 aromatic carbocycles. The number of hydrogen-bond acceptors (Lipinski definition) is 3. The summed E-state index contributed by atoms with van der Waals surface area (Å²) in [5.74, 6) is 0.880. The second-order valence-corrected chi connectivity index (χ2v) is 8.27. The van der Waals surface area contributed by atoms with Gasteiger partial charge in [0.1, 0.15) is 5.78 Å². The topological polar surface area (TPSA) is 63.2 Å². The number of carbonyl (C=O) groups excluding carboxylic acids is 1. The highest BCUT2D eigenvalue weighted by molar-refractivity contribution is 5.85. The molecule has 0 saturated heterocycles. The Balaban J connectivity index is 0. The summed E-state index contributed by atoms with van der Waals surface area (Å²) >= 11 is 0. The molecule has 0 heterocycles. The number of nitrogens with two attached hydrogens (primary N) is 1. The average molecular weight is 342 g/mol. The molecular formula is C20H41N2O2+. The van der Waals surface area contributed by atoms with Crippen molar-refractivity contribution in [1.82, 2.24) is 0 Å². The van der Waals surface area contributed by atoms with Gasteiger partial charge in [-0.15, -0.1) is 0 Å². The van der Waals surface area contributed by atoms with E-state index in [1.165, 1.54) is 0 Å². The predicted molar refractivity (Wildman–Crippen MR) is 104 cm³/mol. The lowest BCUT2D eigenvalue weighted by atomic mass is 9.92. The molecule has 4 heteroatoms. The molecule has 0 fully saturated rings. The van der Waals surface area contributed by atoms with Crippen LogP contribution in [0.15, 0.2) is 12.2 Å². The van der Waals surface area contributed by atoms with Crippen molar-refractivity contribution in [3.05, 3.63) is 17.1 Å². The van der Waals surface area contributed by atoms with E-state index in [4.69, 9.17) is 5.73 Å². The minimum atomic E-state index is -0.684. The van der Waals surface area contributed by atoms with Crippen LogP contribution >= 0.6 is 0 Å². The first-order valence-corrected chi connectivity index (χ1v) is 9.19. The lowest BCUT2D eigenvalue weighted by Crippen LogP contribution is -2.43. The van der Waals surface area contributed by atoms with Crippen LogP contribution in [0.4, 0.5) is 0 Å². The van der Waals surface area contributed by atoms with E-state index in [9.17, 15) is 9.70 Å². The molecular weight excluding hydrogens is 300 g/mol. The zero-order chi connectivity index (χ0) is 19.4. The average Bonchev–Trinajstić information content (AvgIpc) is 2.40. The second kappa shape index (κ2) is 12.3. The van der Waals surface area contributed by atoms with E-state index < -0.39 is 5.54 Å². The van der Waals surface area contributed by atoms with E-state index in [0.29, 0.717) is 0 Å². The van der Waals surface area contributed by atoms with Gasteiger partial charge >= 0.3 is 0 Å². The zero-order valence-corrected chi connectivity index (χ0v) is 17.3. The minimum Gasteiger partial charge on any atom is -0.319 e. The van der Waals surface area contributed by atoms with Crippen molar-refractivity contribution < 1.29 is 9.55 Å². The molecule has 0 spiro atoms. The van der Waals surface area contributed by atoms with Gasteiger partial charge in [-0.25, -0.2) is 0 Å². The quantitative estimate of drug-likeness (QED) is 0.344. The van der Waals surface area contributed by atoms with Gasteiger partial charge in [-0.3, -0.25) is 4.79 Å². The van der Waals surface area contributed by atoms with Gasteiger partial charge < -0.3 is 5.73 Å². The van der Waals surface area contributed by atoms with Gasteiger partial charge in [-0.1, -0.05) is 32.9 Å². The highest BCUT2D eigenvalue weighted by atomic mass is 16.3. The molecule has 0 aliphatic heterocycles. The first-order chi connectivity index (χ1) is 10.8. The van der Waals surface area contributed by atoms with Gasteiger partial charge in [0, 0.05) is 29.9 Å². The molecule has 142 valence electrons. The van der Waals surface area contributed by atoms with E-state index in [-0.39, 0.29) is 11.3 Å². The lowest BCUT2D eigenvalue weighted by Gasteiger charge is -2.20. The lowest BCUT2D eigenvalue weighted by molar-refractivity contribution is -0.595. The van der Waals surface area contributed by atoms with Crippen molar-refractivity contribution in [2.45, 2.75) is 98.1 Å². The molecule has 1 unspecified atom stereocenters. The minimum absolute atomic E-state index is 0.0467. The van der Waals surface area contributed by atoms with Crippen LogP contribution in [0.2, 0.25) is 0 Å². The fraction of sp³-hybridized carbons (Fsp3) is 0.850. The fourth-order valence-corrected chi connectivity index (χ4v) is 1.81. The molecule has 0 aliphatic carbocycles. The van der Waals surface area contributed by atoms with Crippen molar-refractivity contribution in [1.29, 1.82) is 0 Å². The van der Waals surface area contributed by atoms with E-state index in [2.05, 4.69) is 32.9 Å². The molecule has 0 aliphatic rings. The van der Waals surface area contributed by atoms with Crippen LogP contribution in [0, 0.1) is 10.8 Å². The van der Waals surface area contributed by atoms with E-state index in [1.807, 2.05) is 13.8 Å². The van der Waals surface area contributed by atoms with Crippen molar-refractivity contribution in [3.8, 4) is 0 Å². The van der Waals surface area contributed by atoms with Gasteiger partial charge in [-0.2, -0.15) is 0 Å². The number of rotatable bonds is 10. The monoisotopic (exact) mass is 341 g/mol. The molecule has 0 saturated carbocycles. The number of ketones is 1. The third kappa shape index (κ3) is 14.6. The number of hydrogen-bond donors (Lipinski definition) is 1. The Morgan fingerprint density at radius 3 is 1.75 bits per heavy atom. The standard InChI is InChI=1S/C16H31N2O2.C4H10/c1-14(19)16(4,17)13-11-9-7-6-8-10-12-15(2,3)18(5)20;1-4(2)3/h6-7H,8-13,17H2,1-5H3;4H,1-3H3/q+1;/b7-6+;. The molecule has 0 rings (SSSR count). The maximum Gasteiger partial charge on any atom is 0.204 e. The van der Waals surface area contributed by atoms with Crippen LogP contribution in [0.5, 0.6) is 0 Å². The maximum atomic E-state index is 11.3. The van der Waals surface area contributed by atoms with Gasteiger partial charge in [0.2, 0.25) is 5.54 Å². The Labute approximate surface area is 149 Å². The van der Waals surface area contributed by atoms with Crippen LogP contribution in [0.1, 0.15) is 87.0 Å². The largest absolute Gasteiger partial charge is 0.319 e. The third-order valence-electron chi connectivity index (χ3n) is 4.05. The summed E-state index contributed by atoms with van der Waals surface area (Å²) in [4.78, 5) is 22.5. The van der Waals surface area contributed by atoms with E-state index >= 15 is 0 Å². The molecule has 0 aromatic rings. The number of Topliss-reactive ketones (excluding diaryl/α,β-unsaturated/α-hetero) is 1. The zero-order valence-electron chi connectivity index (χ0n) is 17.3. The highest BCUT2D eigenvalue weighted by Gasteiger charge is 2.29. The first kappa shape index (κ1) is 25.2. The number of allylic oxidation sites excluding steroid dienone is 2. The predicted octanol–water partition coefficient (Wildman–Crippen LogP) is 5.04. The van der Waals surface area contributed by atoms with Crippen LogP contribution in [0.3, 0.4) is 0 Å². The normalized spacial score (nSPS) is 14.2. The Morgan fingerprint density at radius 2 is 1.42 bits per heavy atom. The molecule has 0 amide bonds. The maximum absolute atomic E-state index is 11.3. The summed E-state index contributed by atoms with van der Waals surface area (Å²) in [6, 6.07) is 0. The smallest absolute Gasteiger partial charge is 0.204 e. The van der Waals surface area contributed by atoms with Gasteiger partial charge in [0.15, 0.2) is 7.05 Å². The summed E-state index contributed by atoms with van der Waals surface area (Å²) in [5, 5.41) is 0. The van der Waals surface area contributed by atoms with Crippen molar-refractivity contribution in [2.24, 2.45) is 11.7 Å². The Kier molecular flexibility index (Phi) is 13.0. The summed E-state index contributed by atoms with van der Waals surface area (Å²) < 4.78 is 1.03. The fourth-order valence-electron chi connectivity index (χ4n) is 1.81. The molecule has 24 heavy (non-hydrogen) atoms. The Bertz CT molecular complexity index is 360. The van der Waals surface area contributed by atoms with Crippen LogP contribution in [-0.2, 0) is 4.79 Å². The van der Waals surface area contributed by atoms with E-state index in [1.54, 1.807) is 20.9 Å². The molecule has 1 atom stereocenters. The van der Waals surface area contributed by atoms with Crippen molar-refractivity contribution in [2.75, 3.05) is 7.05 Å². The SMILES string of the molecule is CC(=O)C(C)(N)CCC/C=C/CCCC(C)(C)[N+](C)=O.CC(C)C. The van der Waals surface area contributed by atoms with Gasteiger partial charge in [-0.05, 0) is 51.9 Å². The first-order valence-electron chi connectivity index (χ1n) is 9.19. The summed E-state index contributed by atoms with van der Waals surface area (Å²) in [6.45, 7) is 13.8. The number of unbranched alkanes of at least 4 members (excludes halogenated alkanes) is 2. The summed E-state index contributed by atoms with van der Waals surface area (Å²) in [5.41, 5.74) is 4.93. The number of nitrogens with zero attached hydrogens (tertiary/aromatic N) is 1. The Morgan fingerprint density at radius 1 is 1.04 bits per heavy atom. The third-order valence-corrected chi connectivity index (χ3v) is 4.05. The molecule has 0 bridgehead atoms. The van der Waals surface area contributed by atoms with E-state index in [0.717, 1.165) is 49.2 Å². The van der Waals surface area contributed by atoms with Crippen LogP contribution in [0.25, 0.3) is 0 Å². The van der Waals surface area contributed by atoms with Gasteiger partial charge in [0.05, 0.1) is 5.54 Å². The Hall–Kier alpha value is -1.03. The molecule has 0 radical (unpaired) electrons. The van der Waals surface area contributed by atoms with Crippen LogP contribution < -0.4 is 5.73 Å². The van der Waals surface area contributed by atoms with Crippen molar-refractivity contribution >= 4 is 5.78 Å². The van der Waals surface area contributed by atoms with Crippen molar-refractivity contribution in [3.63, 3.8) is 0 Å². The summed E-state index contributed by atoms with van der Waals surface area (Å²) in [7, 11) is 1.58. The number of nitroso groups, excluding NO2 is 1. The summed E-state index contributed by atoms with van der Waals surface area (Å²) in [6.07, 6.45) is 9.79. The van der Waals surface area contributed by atoms with Gasteiger partial charge in [0.25, 0.3) is 0 Å². The number of carbonyl (C=O) groups is 1. The molecule has 0 aromatic heterocycles.